The molecule has 3 heteroatoms. The summed E-state index contributed by atoms with van der Waals surface area (Å²) in [7, 11) is 0. The molecule has 0 bridgehead atoms. The van der Waals surface area contributed by atoms with E-state index >= 15 is 0 Å². The van der Waals surface area contributed by atoms with Gasteiger partial charge in [0.1, 0.15) is 0 Å². The predicted octanol–water partition coefficient (Wildman–Crippen LogP) is 2.51. The molecule has 1 aliphatic carbocycles. The van der Waals surface area contributed by atoms with Crippen molar-refractivity contribution in [1.82, 2.24) is 5.06 Å². The Labute approximate surface area is 91.7 Å². The molecule has 0 unspecified atom stereocenters. The van der Waals surface area contributed by atoms with Gasteiger partial charge in [0.15, 0.2) is 0 Å². The number of rotatable bonds is 1. The second-order valence-electron chi connectivity index (χ2n) is 4.67. The van der Waals surface area contributed by atoms with Gasteiger partial charge in [-0.2, -0.15) is 0 Å². The van der Waals surface area contributed by atoms with Crippen LogP contribution in [0.4, 0.5) is 0 Å². The summed E-state index contributed by atoms with van der Waals surface area (Å²) in [5.74, 6) is 0.484. The number of carbonyl (C=O) groups is 1. The van der Waals surface area contributed by atoms with E-state index in [2.05, 4.69) is 0 Å². The van der Waals surface area contributed by atoms with Crippen molar-refractivity contribution in [2.24, 2.45) is 5.92 Å². The monoisotopic (exact) mass is 211 g/mol. The Hall–Kier alpha value is -0.570. The molecule has 1 heterocycles. The first kappa shape index (κ1) is 10.9. The molecule has 2 aliphatic rings. The first-order valence-electron chi connectivity index (χ1n) is 6.32. The fraction of sp³-hybridized carbons (Fsp3) is 0.917. The average Bonchev–Trinajstić information content (AvgIpc) is 2.68. The lowest BCUT2D eigenvalue weighted by Gasteiger charge is -2.23. The molecule has 0 N–H and O–H groups in total. The zero-order chi connectivity index (χ0) is 10.5. The Morgan fingerprint density at radius 1 is 1.00 bits per heavy atom. The van der Waals surface area contributed by atoms with Crippen LogP contribution in [-0.4, -0.2) is 24.1 Å². The van der Waals surface area contributed by atoms with Crippen molar-refractivity contribution >= 4 is 5.91 Å². The maximum Gasteiger partial charge on any atom is 0.249 e. The van der Waals surface area contributed by atoms with Gasteiger partial charge in [-0.15, -0.1) is 0 Å². The highest BCUT2D eigenvalue weighted by Gasteiger charge is 2.27. The van der Waals surface area contributed by atoms with Gasteiger partial charge in [0.2, 0.25) is 5.91 Å². The van der Waals surface area contributed by atoms with Crippen LogP contribution in [0.1, 0.15) is 51.4 Å². The highest BCUT2D eigenvalue weighted by molar-refractivity contribution is 5.77. The first-order chi connectivity index (χ1) is 7.38. The lowest BCUT2D eigenvalue weighted by atomic mass is 9.90. The second kappa shape index (κ2) is 5.50. The minimum absolute atomic E-state index is 0.239. The topological polar surface area (TPSA) is 29.5 Å². The third-order valence-electron chi connectivity index (χ3n) is 3.45. The zero-order valence-electron chi connectivity index (χ0n) is 9.41. The largest absolute Gasteiger partial charge is 0.272 e. The van der Waals surface area contributed by atoms with Gasteiger partial charge in [0.25, 0.3) is 0 Å². The van der Waals surface area contributed by atoms with E-state index in [9.17, 15) is 4.79 Å². The fourth-order valence-corrected chi connectivity index (χ4v) is 2.53. The normalized spacial score (nSPS) is 24.9. The fourth-order valence-electron chi connectivity index (χ4n) is 2.53. The van der Waals surface area contributed by atoms with Gasteiger partial charge in [-0.3, -0.25) is 9.63 Å². The van der Waals surface area contributed by atoms with Gasteiger partial charge in [-0.05, 0) is 19.3 Å². The van der Waals surface area contributed by atoms with Gasteiger partial charge in [-0.1, -0.05) is 32.1 Å². The van der Waals surface area contributed by atoms with Crippen LogP contribution in [0.15, 0.2) is 0 Å². The lowest BCUT2D eigenvalue weighted by molar-refractivity contribution is -0.174. The maximum atomic E-state index is 12.1. The van der Waals surface area contributed by atoms with Crippen molar-refractivity contribution in [3.63, 3.8) is 0 Å². The summed E-state index contributed by atoms with van der Waals surface area (Å²) in [5.41, 5.74) is 0. The van der Waals surface area contributed by atoms with E-state index in [1.807, 2.05) is 0 Å². The van der Waals surface area contributed by atoms with Gasteiger partial charge in [0.05, 0.1) is 13.2 Å². The Morgan fingerprint density at radius 2 is 1.67 bits per heavy atom. The molecule has 2 fully saturated rings. The van der Waals surface area contributed by atoms with Crippen molar-refractivity contribution in [2.45, 2.75) is 51.4 Å². The van der Waals surface area contributed by atoms with E-state index in [1.165, 1.54) is 32.1 Å². The summed E-state index contributed by atoms with van der Waals surface area (Å²) >= 11 is 0. The van der Waals surface area contributed by atoms with Crippen molar-refractivity contribution in [2.75, 3.05) is 13.2 Å². The smallest absolute Gasteiger partial charge is 0.249 e. The van der Waals surface area contributed by atoms with E-state index in [0.29, 0.717) is 0 Å². The van der Waals surface area contributed by atoms with Crippen molar-refractivity contribution in [3.8, 4) is 0 Å². The number of hydrogen-bond acceptors (Lipinski definition) is 2. The third kappa shape index (κ3) is 2.94. The van der Waals surface area contributed by atoms with Crippen LogP contribution in [0.25, 0.3) is 0 Å². The minimum Gasteiger partial charge on any atom is -0.272 e. The number of nitrogens with zero attached hydrogens (tertiary/aromatic N) is 1. The summed E-state index contributed by atoms with van der Waals surface area (Å²) in [5, 5.41) is 1.60. The highest BCUT2D eigenvalue weighted by atomic mass is 16.7. The Morgan fingerprint density at radius 3 is 2.27 bits per heavy atom. The molecule has 0 spiro atoms. The number of amides is 1. The summed E-state index contributed by atoms with van der Waals surface area (Å²) in [6.07, 6.45) is 9.50. The lowest BCUT2D eigenvalue weighted by Crippen LogP contribution is -2.33. The Bertz CT molecular complexity index is 204. The van der Waals surface area contributed by atoms with Crippen LogP contribution in [0.5, 0.6) is 0 Å². The van der Waals surface area contributed by atoms with Crippen molar-refractivity contribution < 1.29 is 9.63 Å². The standard InChI is InChI=1S/C12H21NO2/c14-12(13-9-6-10-15-13)11-7-4-2-1-3-5-8-11/h11H,1-10H2. The minimum atomic E-state index is 0.239. The Balaban J connectivity index is 1.85. The number of hydrogen-bond donors (Lipinski definition) is 0. The molecule has 1 saturated heterocycles. The molecule has 0 aromatic carbocycles. The van der Waals surface area contributed by atoms with Crippen LogP contribution in [0.3, 0.4) is 0 Å². The van der Waals surface area contributed by atoms with E-state index < -0.39 is 0 Å². The summed E-state index contributed by atoms with van der Waals surface area (Å²) < 4.78 is 0. The molecule has 1 saturated carbocycles. The molecule has 0 radical (unpaired) electrons. The molecule has 0 aromatic heterocycles. The number of hydroxylamine groups is 2. The second-order valence-corrected chi connectivity index (χ2v) is 4.67. The molecule has 0 aromatic rings. The molecule has 15 heavy (non-hydrogen) atoms. The third-order valence-corrected chi connectivity index (χ3v) is 3.45. The summed E-state index contributed by atoms with van der Waals surface area (Å²) in [6, 6.07) is 0. The molecule has 86 valence electrons. The van der Waals surface area contributed by atoms with Gasteiger partial charge in [0, 0.05) is 5.92 Å². The molecule has 2 rings (SSSR count). The molecule has 1 aliphatic heterocycles. The van der Waals surface area contributed by atoms with Crippen LogP contribution in [0.2, 0.25) is 0 Å². The summed E-state index contributed by atoms with van der Waals surface area (Å²) in [4.78, 5) is 17.4. The number of carbonyl (C=O) groups excluding carboxylic acids is 1. The average molecular weight is 211 g/mol. The van der Waals surface area contributed by atoms with Gasteiger partial charge in [-0.25, -0.2) is 5.06 Å². The quantitative estimate of drug-likeness (QED) is 0.667. The first-order valence-corrected chi connectivity index (χ1v) is 6.32. The van der Waals surface area contributed by atoms with Crippen LogP contribution in [0, 0.1) is 5.92 Å². The summed E-state index contributed by atoms with van der Waals surface area (Å²) in [6.45, 7) is 1.52. The molecular formula is C12H21NO2. The van der Waals surface area contributed by atoms with Crippen molar-refractivity contribution in [1.29, 1.82) is 0 Å². The molecule has 0 atom stereocenters. The van der Waals surface area contributed by atoms with Crippen LogP contribution in [-0.2, 0) is 9.63 Å². The highest BCUT2D eigenvalue weighted by Crippen LogP contribution is 2.25. The predicted molar refractivity (Wildman–Crippen MR) is 58.1 cm³/mol. The Kier molecular flexibility index (Phi) is 4.01. The van der Waals surface area contributed by atoms with Crippen LogP contribution < -0.4 is 0 Å². The van der Waals surface area contributed by atoms with Gasteiger partial charge >= 0.3 is 0 Å². The van der Waals surface area contributed by atoms with Crippen molar-refractivity contribution in [3.05, 3.63) is 0 Å². The van der Waals surface area contributed by atoms with E-state index in [1.54, 1.807) is 5.06 Å². The maximum absolute atomic E-state index is 12.1. The molecular weight excluding hydrogens is 190 g/mol. The van der Waals surface area contributed by atoms with Gasteiger partial charge < -0.3 is 0 Å². The SMILES string of the molecule is O=C(C1CCCCCCC1)N1CCCO1. The van der Waals surface area contributed by atoms with E-state index in [0.717, 1.165) is 32.4 Å². The van der Waals surface area contributed by atoms with E-state index in [4.69, 9.17) is 4.84 Å². The molecule has 3 nitrogen and oxygen atoms in total. The van der Waals surface area contributed by atoms with E-state index in [-0.39, 0.29) is 11.8 Å². The zero-order valence-corrected chi connectivity index (χ0v) is 9.41. The molecule has 1 amide bonds. The van der Waals surface area contributed by atoms with Crippen LogP contribution >= 0.6 is 0 Å².